The first-order valence-corrected chi connectivity index (χ1v) is 9.61. The van der Waals surface area contributed by atoms with E-state index in [1.165, 1.54) is 4.31 Å². The van der Waals surface area contributed by atoms with Gasteiger partial charge in [-0.3, -0.25) is 9.10 Å². The van der Waals surface area contributed by atoms with Gasteiger partial charge in [-0.25, -0.2) is 8.42 Å². The van der Waals surface area contributed by atoms with Crippen LogP contribution in [0.4, 0.5) is 5.69 Å². The number of nitrogens with two attached hydrogens (primary N) is 1. The van der Waals surface area contributed by atoms with E-state index in [1.807, 2.05) is 13.8 Å². The zero-order chi connectivity index (χ0) is 17.1. The van der Waals surface area contributed by atoms with Crippen LogP contribution in [0.5, 0.6) is 0 Å². The molecule has 1 aliphatic rings. The van der Waals surface area contributed by atoms with Crippen molar-refractivity contribution in [3.8, 4) is 0 Å². The van der Waals surface area contributed by atoms with Gasteiger partial charge in [0.1, 0.15) is 0 Å². The smallest absolute Gasteiger partial charge is 0.251 e. The highest BCUT2D eigenvalue weighted by molar-refractivity contribution is 7.93. The van der Waals surface area contributed by atoms with E-state index in [0.717, 1.165) is 12.8 Å². The third-order valence-electron chi connectivity index (χ3n) is 4.62. The molecule has 0 bridgehead atoms. The van der Waals surface area contributed by atoms with Gasteiger partial charge in [0.2, 0.25) is 10.0 Å². The third kappa shape index (κ3) is 4.20. The van der Waals surface area contributed by atoms with Crippen LogP contribution in [0, 0.1) is 0 Å². The van der Waals surface area contributed by atoms with Crippen molar-refractivity contribution in [1.82, 2.24) is 5.32 Å². The van der Waals surface area contributed by atoms with Gasteiger partial charge >= 0.3 is 0 Å². The molecule has 2 rings (SSSR count). The Morgan fingerprint density at radius 3 is 2.50 bits per heavy atom. The molecule has 0 saturated carbocycles. The quantitative estimate of drug-likeness (QED) is 0.794. The van der Waals surface area contributed by atoms with Crippen LogP contribution in [-0.4, -0.2) is 38.7 Å². The molecule has 1 aromatic rings. The van der Waals surface area contributed by atoms with Gasteiger partial charge in [-0.2, -0.15) is 0 Å². The summed E-state index contributed by atoms with van der Waals surface area (Å²) in [5.41, 5.74) is 6.39. The molecule has 24 heavy (non-hydrogen) atoms. The molecule has 1 aliphatic heterocycles. The fourth-order valence-corrected chi connectivity index (χ4v) is 4.37. The Morgan fingerprint density at radius 2 is 2.00 bits per heavy atom. The van der Waals surface area contributed by atoms with E-state index in [4.69, 9.17) is 5.73 Å². The van der Waals surface area contributed by atoms with Gasteiger partial charge in [0.15, 0.2) is 0 Å². The SMILES string of the molecule is CCC(CC)(CN)NC(=O)c1cccc(N2CCCS2(=O)=O)c1.Cl. The normalized spacial score (nSPS) is 16.5. The highest BCUT2D eigenvalue weighted by Crippen LogP contribution is 2.25. The lowest BCUT2D eigenvalue weighted by molar-refractivity contribution is 0.0895. The molecule has 1 saturated heterocycles. The maximum atomic E-state index is 12.5. The van der Waals surface area contributed by atoms with E-state index in [2.05, 4.69) is 5.32 Å². The van der Waals surface area contributed by atoms with Gasteiger partial charge in [0, 0.05) is 18.7 Å². The number of hydrogen-bond donors (Lipinski definition) is 2. The molecule has 0 aliphatic carbocycles. The first-order chi connectivity index (χ1) is 10.9. The Hall–Kier alpha value is -1.31. The summed E-state index contributed by atoms with van der Waals surface area (Å²) in [5.74, 6) is -0.0663. The predicted octanol–water partition coefficient (Wildman–Crippen LogP) is 1.90. The number of rotatable bonds is 6. The fourth-order valence-electron chi connectivity index (χ4n) is 2.81. The lowest BCUT2D eigenvalue weighted by Crippen LogP contribution is -2.52. The standard InChI is InChI=1S/C16H25N3O3S.ClH/c1-3-16(4-2,12-17)18-15(20)13-7-5-8-14(11-13)19-9-6-10-23(19,21)22;/h5,7-8,11H,3-4,6,9-10,12,17H2,1-2H3,(H,18,20);1H. The average Bonchev–Trinajstić information content (AvgIpc) is 2.92. The second kappa shape index (κ2) is 8.18. The van der Waals surface area contributed by atoms with E-state index in [1.54, 1.807) is 24.3 Å². The molecule has 0 radical (unpaired) electrons. The average molecular weight is 376 g/mol. The number of amides is 1. The van der Waals surface area contributed by atoms with Gasteiger partial charge in [0.25, 0.3) is 5.91 Å². The molecule has 6 nitrogen and oxygen atoms in total. The Morgan fingerprint density at radius 1 is 1.33 bits per heavy atom. The topological polar surface area (TPSA) is 92.5 Å². The molecule has 0 aromatic heterocycles. The van der Waals surface area contributed by atoms with Gasteiger partial charge in [0.05, 0.1) is 17.0 Å². The summed E-state index contributed by atoms with van der Waals surface area (Å²) in [6.45, 7) is 4.81. The van der Waals surface area contributed by atoms with Crippen molar-refractivity contribution < 1.29 is 13.2 Å². The van der Waals surface area contributed by atoms with Gasteiger partial charge in [-0.1, -0.05) is 19.9 Å². The monoisotopic (exact) mass is 375 g/mol. The maximum Gasteiger partial charge on any atom is 0.251 e. The second-order valence-corrected chi connectivity index (χ2v) is 7.95. The van der Waals surface area contributed by atoms with E-state index in [0.29, 0.717) is 30.8 Å². The van der Waals surface area contributed by atoms with E-state index >= 15 is 0 Å². The number of benzene rings is 1. The molecule has 1 fully saturated rings. The summed E-state index contributed by atoms with van der Waals surface area (Å²) >= 11 is 0. The zero-order valence-corrected chi connectivity index (χ0v) is 15.8. The van der Waals surface area contributed by atoms with Crippen LogP contribution in [0.15, 0.2) is 24.3 Å². The largest absolute Gasteiger partial charge is 0.345 e. The minimum Gasteiger partial charge on any atom is -0.345 e. The number of nitrogens with zero attached hydrogens (tertiary/aromatic N) is 1. The molecular formula is C16H26ClN3O3S. The van der Waals surface area contributed by atoms with Crippen LogP contribution in [0.1, 0.15) is 43.5 Å². The number of halogens is 1. The summed E-state index contributed by atoms with van der Waals surface area (Å²) < 4.78 is 25.4. The molecule has 136 valence electrons. The Balaban J connectivity index is 0.00000288. The first kappa shape index (κ1) is 20.7. The van der Waals surface area contributed by atoms with Crippen molar-refractivity contribution in [1.29, 1.82) is 0 Å². The number of carbonyl (C=O) groups excluding carboxylic acids is 1. The van der Waals surface area contributed by atoms with Crippen molar-refractivity contribution in [3.63, 3.8) is 0 Å². The molecule has 0 unspecified atom stereocenters. The minimum absolute atomic E-state index is 0. The van der Waals surface area contributed by atoms with Crippen molar-refractivity contribution >= 4 is 34.0 Å². The number of carbonyl (C=O) groups is 1. The van der Waals surface area contributed by atoms with Crippen molar-refractivity contribution in [2.24, 2.45) is 5.73 Å². The molecule has 8 heteroatoms. The number of hydrogen-bond acceptors (Lipinski definition) is 4. The van der Waals surface area contributed by atoms with Crippen LogP contribution >= 0.6 is 12.4 Å². The van der Waals surface area contributed by atoms with E-state index in [-0.39, 0.29) is 24.1 Å². The maximum absolute atomic E-state index is 12.5. The lowest BCUT2D eigenvalue weighted by Gasteiger charge is -2.31. The summed E-state index contributed by atoms with van der Waals surface area (Å²) in [6, 6.07) is 6.74. The Bertz CT molecular complexity index is 667. The first-order valence-electron chi connectivity index (χ1n) is 8.00. The predicted molar refractivity (Wildman–Crippen MR) is 99.3 cm³/mol. The summed E-state index contributed by atoms with van der Waals surface area (Å²) in [7, 11) is -3.25. The molecular weight excluding hydrogens is 350 g/mol. The van der Waals surface area contributed by atoms with Crippen LogP contribution < -0.4 is 15.4 Å². The van der Waals surface area contributed by atoms with Crippen LogP contribution in [0.2, 0.25) is 0 Å². The summed E-state index contributed by atoms with van der Waals surface area (Å²) in [6.07, 6.45) is 2.10. The zero-order valence-electron chi connectivity index (χ0n) is 14.1. The Labute approximate surface area is 150 Å². The second-order valence-electron chi connectivity index (χ2n) is 5.94. The summed E-state index contributed by atoms with van der Waals surface area (Å²) in [4.78, 5) is 12.5. The number of anilines is 1. The Kier molecular flexibility index (Phi) is 7.07. The van der Waals surface area contributed by atoms with Gasteiger partial charge < -0.3 is 11.1 Å². The molecule has 1 amide bonds. The fraction of sp³-hybridized carbons (Fsp3) is 0.562. The molecule has 0 spiro atoms. The molecule has 0 atom stereocenters. The number of sulfonamides is 1. The molecule has 1 aromatic carbocycles. The highest BCUT2D eigenvalue weighted by Gasteiger charge is 2.30. The van der Waals surface area contributed by atoms with Crippen molar-refractivity contribution in [2.45, 2.75) is 38.6 Å². The molecule has 1 heterocycles. The van der Waals surface area contributed by atoms with Crippen LogP contribution in [0.25, 0.3) is 0 Å². The van der Waals surface area contributed by atoms with E-state index < -0.39 is 15.6 Å². The molecule has 3 N–H and O–H groups in total. The van der Waals surface area contributed by atoms with Crippen LogP contribution in [0.3, 0.4) is 0 Å². The van der Waals surface area contributed by atoms with Crippen molar-refractivity contribution in [3.05, 3.63) is 29.8 Å². The van der Waals surface area contributed by atoms with Crippen molar-refractivity contribution in [2.75, 3.05) is 23.1 Å². The third-order valence-corrected chi connectivity index (χ3v) is 6.49. The van der Waals surface area contributed by atoms with Gasteiger partial charge in [-0.15, -0.1) is 12.4 Å². The van der Waals surface area contributed by atoms with Crippen LogP contribution in [-0.2, 0) is 10.0 Å². The van der Waals surface area contributed by atoms with E-state index in [9.17, 15) is 13.2 Å². The highest BCUT2D eigenvalue weighted by atomic mass is 35.5. The number of nitrogens with one attached hydrogen (secondary N) is 1. The minimum atomic E-state index is -3.25. The lowest BCUT2D eigenvalue weighted by atomic mass is 9.92. The summed E-state index contributed by atoms with van der Waals surface area (Å²) in [5, 5.41) is 3.00. The van der Waals surface area contributed by atoms with Gasteiger partial charge in [-0.05, 0) is 37.5 Å².